The van der Waals surface area contributed by atoms with Gasteiger partial charge in [0.15, 0.2) is 11.5 Å². The van der Waals surface area contributed by atoms with Crippen LogP contribution in [0.3, 0.4) is 0 Å². The number of hydrogen-bond acceptors (Lipinski definition) is 3. The molecule has 168 valence electrons. The first-order valence-electron chi connectivity index (χ1n) is 10.9. The van der Waals surface area contributed by atoms with Gasteiger partial charge in [0.1, 0.15) is 6.61 Å². The quantitative estimate of drug-likeness (QED) is 0.137. The number of nitrogens with zero attached hydrogens (tertiary/aromatic N) is 1. The minimum atomic E-state index is 0.420. The first kappa shape index (κ1) is 23.4. The molecule has 0 saturated carbocycles. The number of nitriles is 1. The van der Waals surface area contributed by atoms with Crippen LogP contribution in [-0.2, 0) is 13.0 Å². The second-order valence-corrected chi connectivity index (χ2v) is 8.77. The molecule has 3 nitrogen and oxygen atoms in total. The molecule has 0 saturated heterocycles. The Morgan fingerprint density at radius 2 is 1.76 bits per heavy atom. The lowest BCUT2D eigenvalue weighted by molar-refractivity contribution is 0.282. The second-order valence-electron chi connectivity index (χ2n) is 7.85. The number of benzene rings is 4. The van der Waals surface area contributed by atoms with E-state index in [0.717, 1.165) is 37.5 Å². The predicted molar refractivity (Wildman–Crippen MR) is 143 cm³/mol. The van der Waals surface area contributed by atoms with Crippen LogP contribution in [-0.4, -0.2) is 7.11 Å². The van der Waals surface area contributed by atoms with Crippen molar-refractivity contribution in [2.75, 3.05) is 7.11 Å². The zero-order chi connectivity index (χ0) is 23.9. The zero-order valence-corrected chi connectivity index (χ0v) is 20.5. The summed E-state index contributed by atoms with van der Waals surface area (Å²) in [7, 11) is 1.63. The normalized spacial score (nSPS) is 11.1. The summed E-state index contributed by atoms with van der Waals surface area (Å²) < 4.78 is 12.9. The molecule has 0 aliphatic carbocycles. The van der Waals surface area contributed by atoms with Gasteiger partial charge in [-0.25, -0.2) is 0 Å². The van der Waals surface area contributed by atoms with Crippen molar-refractivity contribution in [3.63, 3.8) is 0 Å². The Bertz CT molecular complexity index is 1400. The van der Waals surface area contributed by atoms with Crippen LogP contribution in [0, 0.1) is 11.3 Å². The number of methoxy groups -OCH3 is 1. The lowest BCUT2D eigenvalue weighted by Crippen LogP contribution is -2.02. The van der Waals surface area contributed by atoms with Crippen molar-refractivity contribution in [2.45, 2.75) is 13.0 Å². The van der Waals surface area contributed by atoms with Crippen molar-refractivity contribution in [1.82, 2.24) is 0 Å². The molecule has 0 N–H and O–H groups in total. The molecule has 0 aliphatic heterocycles. The van der Waals surface area contributed by atoms with Gasteiger partial charge in [0.2, 0.25) is 0 Å². The molecule has 0 amide bonds. The number of hydrogen-bond donors (Lipinski definition) is 0. The SMILES string of the molecule is C=CCc1cc(/C=C(/C#N)c2ccc3ccccc3c2)cc(OC)c1OCc1ccc(Br)cc1. The highest BCUT2D eigenvalue weighted by atomic mass is 79.9. The van der Waals surface area contributed by atoms with Gasteiger partial charge in [-0.05, 0) is 70.3 Å². The Morgan fingerprint density at radius 3 is 2.47 bits per heavy atom. The van der Waals surface area contributed by atoms with E-state index >= 15 is 0 Å². The summed E-state index contributed by atoms with van der Waals surface area (Å²) in [5, 5.41) is 12.1. The lowest BCUT2D eigenvalue weighted by Gasteiger charge is -2.16. The smallest absolute Gasteiger partial charge is 0.165 e. The molecule has 0 atom stereocenters. The molecule has 0 unspecified atom stereocenters. The molecular weight excluding hydrogens is 486 g/mol. The van der Waals surface area contributed by atoms with Gasteiger partial charge in [-0.15, -0.1) is 6.58 Å². The van der Waals surface area contributed by atoms with Crippen LogP contribution in [0.25, 0.3) is 22.4 Å². The molecule has 0 heterocycles. The van der Waals surface area contributed by atoms with Gasteiger partial charge in [0.25, 0.3) is 0 Å². The van der Waals surface area contributed by atoms with Crippen molar-refractivity contribution < 1.29 is 9.47 Å². The highest BCUT2D eigenvalue weighted by Crippen LogP contribution is 2.35. The Morgan fingerprint density at radius 1 is 1.00 bits per heavy atom. The molecule has 0 radical (unpaired) electrons. The topological polar surface area (TPSA) is 42.2 Å². The van der Waals surface area contributed by atoms with E-state index in [2.05, 4.69) is 40.7 Å². The fraction of sp³-hybridized carbons (Fsp3) is 0.100. The molecule has 4 heteroatoms. The summed E-state index contributed by atoms with van der Waals surface area (Å²) in [6, 6.07) is 28.5. The van der Waals surface area contributed by atoms with Crippen molar-refractivity contribution in [1.29, 1.82) is 5.26 Å². The van der Waals surface area contributed by atoms with Gasteiger partial charge in [-0.2, -0.15) is 5.26 Å². The first-order chi connectivity index (χ1) is 16.6. The fourth-order valence-corrected chi connectivity index (χ4v) is 4.09. The van der Waals surface area contributed by atoms with Gasteiger partial charge in [-0.3, -0.25) is 0 Å². The number of allylic oxidation sites excluding steroid dienone is 2. The molecule has 4 rings (SSSR count). The van der Waals surface area contributed by atoms with E-state index in [0.29, 0.717) is 30.1 Å². The van der Waals surface area contributed by atoms with E-state index in [1.807, 2.05) is 78.9 Å². The van der Waals surface area contributed by atoms with Crippen LogP contribution >= 0.6 is 15.9 Å². The Balaban J connectivity index is 1.69. The van der Waals surface area contributed by atoms with Gasteiger partial charge >= 0.3 is 0 Å². The van der Waals surface area contributed by atoms with E-state index in [4.69, 9.17) is 9.47 Å². The average Bonchev–Trinajstić information content (AvgIpc) is 2.87. The highest BCUT2D eigenvalue weighted by molar-refractivity contribution is 9.10. The van der Waals surface area contributed by atoms with Gasteiger partial charge in [-0.1, -0.05) is 70.5 Å². The first-order valence-corrected chi connectivity index (χ1v) is 11.7. The molecule has 0 aliphatic rings. The molecule has 4 aromatic carbocycles. The molecular formula is C30H24BrNO2. The molecule has 34 heavy (non-hydrogen) atoms. The molecule has 0 spiro atoms. The van der Waals surface area contributed by atoms with Crippen LogP contribution in [0.2, 0.25) is 0 Å². The number of halogens is 1. The summed E-state index contributed by atoms with van der Waals surface area (Å²) in [6.45, 7) is 4.31. The largest absolute Gasteiger partial charge is 0.493 e. The van der Waals surface area contributed by atoms with Crippen LogP contribution in [0.5, 0.6) is 11.5 Å². The minimum Gasteiger partial charge on any atom is -0.493 e. The summed E-state index contributed by atoms with van der Waals surface area (Å²) in [5.41, 5.74) is 4.34. The summed E-state index contributed by atoms with van der Waals surface area (Å²) in [6.07, 6.45) is 4.34. The van der Waals surface area contributed by atoms with E-state index in [1.54, 1.807) is 7.11 Å². The third kappa shape index (κ3) is 5.39. The molecule has 0 bridgehead atoms. The van der Waals surface area contributed by atoms with Crippen LogP contribution in [0.15, 0.2) is 96.0 Å². The third-order valence-corrected chi connectivity index (χ3v) is 6.06. The van der Waals surface area contributed by atoms with Crippen molar-refractivity contribution in [3.8, 4) is 17.6 Å². The maximum atomic E-state index is 9.90. The average molecular weight is 510 g/mol. The fourth-order valence-electron chi connectivity index (χ4n) is 3.83. The summed E-state index contributed by atoms with van der Waals surface area (Å²) >= 11 is 3.46. The van der Waals surface area contributed by atoms with E-state index in [1.165, 1.54) is 0 Å². The highest BCUT2D eigenvalue weighted by Gasteiger charge is 2.14. The van der Waals surface area contributed by atoms with Crippen LogP contribution < -0.4 is 9.47 Å². The predicted octanol–water partition coefficient (Wildman–Crippen LogP) is 7.98. The number of fused-ring (bicyclic) bond motifs is 1. The Labute approximate surface area is 208 Å². The van der Waals surface area contributed by atoms with Gasteiger partial charge in [0.05, 0.1) is 18.8 Å². The van der Waals surface area contributed by atoms with Crippen molar-refractivity contribution >= 4 is 38.4 Å². The van der Waals surface area contributed by atoms with Crippen molar-refractivity contribution in [2.24, 2.45) is 0 Å². The monoisotopic (exact) mass is 509 g/mol. The van der Waals surface area contributed by atoms with E-state index in [9.17, 15) is 5.26 Å². The Kier molecular flexibility index (Phi) is 7.47. The van der Waals surface area contributed by atoms with Crippen LogP contribution in [0.4, 0.5) is 0 Å². The van der Waals surface area contributed by atoms with E-state index < -0.39 is 0 Å². The molecule has 0 fully saturated rings. The minimum absolute atomic E-state index is 0.420. The summed E-state index contributed by atoms with van der Waals surface area (Å²) in [4.78, 5) is 0. The maximum absolute atomic E-state index is 9.90. The number of rotatable bonds is 8. The zero-order valence-electron chi connectivity index (χ0n) is 18.9. The Hall–Kier alpha value is -3.81. The van der Waals surface area contributed by atoms with Gasteiger partial charge < -0.3 is 9.47 Å². The summed E-state index contributed by atoms with van der Waals surface area (Å²) in [5.74, 6) is 1.31. The second kappa shape index (κ2) is 10.9. The lowest BCUT2D eigenvalue weighted by atomic mass is 9.98. The van der Waals surface area contributed by atoms with Crippen LogP contribution in [0.1, 0.15) is 22.3 Å². The molecule has 4 aromatic rings. The van der Waals surface area contributed by atoms with Crippen molar-refractivity contribution in [3.05, 3.63) is 118 Å². The van der Waals surface area contributed by atoms with Gasteiger partial charge in [0, 0.05) is 10.0 Å². The molecule has 0 aromatic heterocycles. The number of ether oxygens (including phenoxy) is 2. The standard InChI is InChI=1S/C30H24BrNO2/c1-3-6-26-15-22(16-27(19-32)25-12-11-23-7-4-5-8-24(23)18-25)17-29(33-2)30(26)34-20-21-9-13-28(31)14-10-21/h3-5,7-18H,1,6,20H2,2H3/b27-16-. The third-order valence-electron chi connectivity index (χ3n) is 5.53. The maximum Gasteiger partial charge on any atom is 0.165 e. The van der Waals surface area contributed by atoms with E-state index in [-0.39, 0.29) is 0 Å².